The molecule has 0 aliphatic heterocycles. The van der Waals surface area contributed by atoms with Crippen LogP contribution < -0.4 is 10.5 Å². The van der Waals surface area contributed by atoms with Gasteiger partial charge in [-0.25, -0.2) is 0 Å². The van der Waals surface area contributed by atoms with Crippen LogP contribution >= 0.6 is 27.5 Å². The van der Waals surface area contributed by atoms with Crippen LogP contribution in [0.2, 0.25) is 5.02 Å². The zero-order valence-electron chi connectivity index (χ0n) is 9.86. The highest BCUT2D eigenvalue weighted by atomic mass is 79.9. The van der Waals surface area contributed by atoms with Crippen molar-refractivity contribution in [3.05, 3.63) is 57.0 Å². The second kappa shape index (κ2) is 5.96. The summed E-state index contributed by atoms with van der Waals surface area (Å²) in [7, 11) is 0. The molecular formula is C14H10BrClN2O. The van der Waals surface area contributed by atoms with Crippen molar-refractivity contribution in [2.75, 3.05) is 5.73 Å². The van der Waals surface area contributed by atoms with Gasteiger partial charge in [-0.3, -0.25) is 0 Å². The van der Waals surface area contributed by atoms with Crippen LogP contribution in [0.5, 0.6) is 5.75 Å². The molecule has 0 atom stereocenters. The van der Waals surface area contributed by atoms with E-state index in [-0.39, 0.29) is 0 Å². The van der Waals surface area contributed by atoms with Gasteiger partial charge in [0.1, 0.15) is 12.4 Å². The molecule has 0 radical (unpaired) electrons. The summed E-state index contributed by atoms with van der Waals surface area (Å²) in [6, 6.07) is 12.6. The fraction of sp³-hybridized carbons (Fsp3) is 0.0714. The molecule has 0 bridgehead atoms. The zero-order valence-corrected chi connectivity index (χ0v) is 12.2. The van der Waals surface area contributed by atoms with E-state index >= 15 is 0 Å². The quantitative estimate of drug-likeness (QED) is 0.856. The van der Waals surface area contributed by atoms with Crippen LogP contribution in [0.25, 0.3) is 0 Å². The van der Waals surface area contributed by atoms with Crippen LogP contribution in [0, 0.1) is 11.3 Å². The minimum Gasteiger partial charge on any atom is -0.488 e. The molecule has 2 N–H and O–H groups in total. The molecule has 19 heavy (non-hydrogen) atoms. The molecule has 0 aliphatic rings. The Morgan fingerprint density at radius 2 is 2.11 bits per heavy atom. The maximum Gasteiger partial charge on any atom is 0.136 e. The maximum atomic E-state index is 8.77. The average Bonchev–Trinajstić information content (AvgIpc) is 2.41. The molecule has 0 spiro atoms. The smallest absolute Gasteiger partial charge is 0.136 e. The van der Waals surface area contributed by atoms with Crippen molar-refractivity contribution in [3.8, 4) is 11.8 Å². The molecule has 0 aromatic heterocycles. The third-order valence-electron chi connectivity index (χ3n) is 2.56. The number of hydrogen-bond acceptors (Lipinski definition) is 3. The summed E-state index contributed by atoms with van der Waals surface area (Å²) >= 11 is 9.45. The number of nitrogens with two attached hydrogens (primary N) is 1. The summed E-state index contributed by atoms with van der Waals surface area (Å²) in [6.07, 6.45) is 0. The van der Waals surface area contributed by atoms with Gasteiger partial charge in [0, 0.05) is 16.3 Å². The Labute approximate surface area is 124 Å². The molecule has 3 nitrogen and oxygen atoms in total. The molecule has 0 saturated heterocycles. The van der Waals surface area contributed by atoms with Crippen molar-refractivity contribution in [3.63, 3.8) is 0 Å². The van der Waals surface area contributed by atoms with Crippen molar-refractivity contribution in [2.45, 2.75) is 6.61 Å². The van der Waals surface area contributed by atoms with Crippen LogP contribution in [0.3, 0.4) is 0 Å². The van der Waals surface area contributed by atoms with Crippen molar-refractivity contribution in [1.29, 1.82) is 5.26 Å². The number of rotatable bonds is 3. The predicted octanol–water partition coefficient (Wildman–Crippen LogP) is 4.14. The van der Waals surface area contributed by atoms with Crippen LogP contribution in [0.4, 0.5) is 5.69 Å². The molecule has 2 aromatic rings. The second-order valence-corrected chi connectivity index (χ2v) is 5.07. The molecule has 2 rings (SSSR count). The SMILES string of the molecule is N#Cc1ccc(COc2cccc(N)c2Br)c(Cl)c1. The van der Waals surface area contributed by atoms with Gasteiger partial charge in [0.15, 0.2) is 0 Å². The van der Waals surface area contributed by atoms with Gasteiger partial charge in [-0.05, 0) is 40.2 Å². The van der Waals surface area contributed by atoms with Crippen molar-refractivity contribution >= 4 is 33.2 Å². The molecule has 0 amide bonds. The average molecular weight is 338 g/mol. The number of ether oxygens (including phenoxy) is 1. The number of hydrogen-bond donors (Lipinski definition) is 1. The van der Waals surface area contributed by atoms with Crippen molar-refractivity contribution in [2.24, 2.45) is 0 Å². The van der Waals surface area contributed by atoms with E-state index < -0.39 is 0 Å². The summed E-state index contributed by atoms with van der Waals surface area (Å²) in [5.41, 5.74) is 7.72. The lowest BCUT2D eigenvalue weighted by molar-refractivity contribution is 0.304. The number of anilines is 1. The summed E-state index contributed by atoms with van der Waals surface area (Å²) in [4.78, 5) is 0. The molecule has 2 aromatic carbocycles. The fourth-order valence-electron chi connectivity index (χ4n) is 1.53. The Morgan fingerprint density at radius 3 is 2.79 bits per heavy atom. The second-order valence-electron chi connectivity index (χ2n) is 3.87. The standard InChI is InChI=1S/C14H10BrClN2O/c15-14-12(18)2-1-3-13(14)19-8-10-5-4-9(7-17)6-11(10)16/h1-6H,8,18H2. The van der Waals surface area contributed by atoms with E-state index in [1.807, 2.05) is 18.2 Å². The van der Waals surface area contributed by atoms with Gasteiger partial charge >= 0.3 is 0 Å². The predicted molar refractivity (Wildman–Crippen MR) is 79.1 cm³/mol. The van der Waals surface area contributed by atoms with Gasteiger partial charge in [-0.1, -0.05) is 23.7 Å². The summed E-state index contributed by atoms with van der Waals surface area (Å²) in [5, 5.41) is 9.28. The van der Waals surface area contributed by atoms with E-state index in [2.05, 4.69) is 15.9 Å². The van der Waals surface area contributed by atoms with Crippen LogP contribution in [-0.4, -0.2) is 0 Å². The molecule has 0 aliphatic carbocycles. The van der Waals surface area contributed by atoms with Crippen LogP contribution in [-0.2, 0) is 6.61 Å². The van der Waals surface area contributed by atoms with Gasteiger partial charge < -0.3 is 10.5 Å². The molecule has 0 unspecified atom stereocenters. The number of nitrogens with zero attached hydrogens (tertiary/aromatic N) is 1. The number of benzene rings is 2. The molecule has 0 fully saturated rings. The van der Waals surface area contributed by atoms with E-state index in [4.69, 9.17) is 27.3 Å². The minimum atomic E-state index is 0.312. The maximum absolute atomic E-state index is 8.77. The topological polar surface area (TPSA) is 59.0 Å². The Morgan fingerprint density at radius 1 is 1.32 bits per heavy atom. The summed E-state index contributed by atoms with van der Waals surface area (Å²) in [5.74, 6) is 0.653. The highest BCUT2D eigenvalue weighted by molar-refractivity contribution is 9.10. The van der Waals surface area contributed by atoms with E-state index in [9.17, 15) is 0 Å². The van der Waals surface area contributed by atoms with E-state index in [0.29, 0.717) is 28.6 Å². The number of nitriles is 1. The highest BCUT2D eigenvalue weighted by Crippen LogP contribution is 2.31. The van der Waals surface area contributed by atoms with Crippen molar-refractivity contribution < 1.29 is 4.74 Å². The lowest BCUT2D eigenvalue weighted by Gasteiger charge is -2.10. The first kappa shape index (κ1) is 13.7. The number of halogens is 2. The third kappa shape index (κ3) is 3.19. The first-order chi connectivity index (χ1) is 9.11. The largest absolute Gasteiger partial charge is 0.488 e. The van der Waals surface area contributed by atoms with Gasteiger partial charge in [-0.15, -0.1) is 0 Å². The van der Waals surface area contributed by atoms with Gasteiger partial charge in [0.2, 0.25) is 0 Å². The fourth-order valence-corrected chi connectivity index (χ4v) is 2.14. The van der Waals surface area contributed by atoms with Gasteiger partial charge in [0.05, 0.1) is 16.1 Å². The molecule has 0 heterocycles. The molecule has 5 heteroatoms. The first-order valence-electron chi connectivity index (χ1n) is 5.47. The van der Waals surface area contributed by atoms with Crippen molar-refractivity contribution in [1.82, 2.24) is 0 Å². The summed E-state index contributed by atoms with van der Waals surface area (Å²) in [6.45, 7) is 0.312. The lowest BCUT2D eigenvalue weighted by Crippen LogP contribution is -1.98. The highest BCUT2D eigenvalue weighted by Gasteiger charge is 2.07. The number of nitrogen functional groups attached to an aromatic ring is 1. The van der Waals surface area contributed by atoms with Crippen LogP contribution in [0.1, 0.15) is 11.1 Å². The monoisotopic (exact) mass is 336 g/mol. The van der Waals surface area contributed by atoms with E-state index in [0.717, 1.165) is 10.0 Å². The first-order valence-corrected chi connectivity index (χ1v) is 6.64. The Hall–Kier alpha value is -1.70. The molecule has 96 valence electrons. The van der Waals surface area contributed by atoms with Gasteiger partial charge in [0.25, 0.3) is 0 Å². The van der Waals surface area contributed by atoms with Gasteiger partial charge in [-0.2, -0.15) is 5.26 Å². The Balaban J connectivity index is 2.15. The molecular weight excluding hydrogens is 328 g/mol. The normalized spacial score (nSPS) is 9.95. The third-order valence-corrected chi connectivity index (χ3v) is 3.76. The zero-order chi connectivity index (χ0) is 13.8. The minimum absolute atomic E-state index is 0.312. The Kier molecular flexibility index (Phi) is 4.31. The van der Waals surface area contributed by atoms with Crippen LogP contribution in [0.15, 0.2) is 40.9 Å². The van der Waals surface area contributed by atoms with E-state index in [1.165, 1.54) is 0 Å². The Bertz CT molecular complexity index is 652. The van der Waals surface area contributed by atoms with E-state index in [1.54, 1.807) is 24.3 Å². The molecule has 0 saturated carbocycles. The lowest BCUT2D eigenvalue weighted by atomic mass is 10.1. The summed E-state index contributed by atoms with van der Waals surface area (Å²) < 4.78 is 6.39.